The molecule has 0 bridgehead atoms. The molecule has 54 valence electrons. The van der Waals surface area contributed by atoms with Crippen LogP contribution in [0.5, 0.6) is 0 Å². The van der Waals surface area contributed by atoms with Crippen molar-refractivity contribution in [2.45, 2.75) is 6.61 Å². The monoisotopic (exact) mass is 163 g/mol. The Morgan fingerprint density at radius 3 is 3.00 bits per heavy atom. The first-order valence-electron chi connectivity index (χ1n) is 2.95. The van der Waals surface area contributed by atoms with Crippen LogP contribution in [0.2, 0.25) is 0 Å². The van der Waals surface area contributed by atoms with Gasteiger partial charge in [0.2, 0.25) is 0 Å². The van der Waals surface area contributed by atoms with Crippen molar-refractivity contribution >= 4 is 11.3 Å². The quantitative estimate of drug-likeness (QED) is 0.630. The summed E-state index contributed by atoms with van der Waals surface area (Å²) in [5.74, 6) is 4.92. The maximum Gasteiger partial charge on any atom is 0.152 e. The second-order valence-corrected chi connectivity index (χ2v) is 2.82. The molecular weight excluding hydrogens is 158 g/mol. The summed E-state index contributed by atoms with van der Waals surface area (Å²) < 4.78 is 0. The van der Waals surface area contributed by atoms with E-state index in [2.05, 4.69) is 11.8 Å². The standard InChI is InChI=1S/C8H5NOS/c9-3-1-2-7-4-8(5-10)11-6-7/h4,6,10H,5H2. The van der Waals surface area contributed by atoms with Crippen LogP contribution >= 0.6 is 11.3 Å². The second-order valence-electron chi connectivity index (χ2n) is 1.82. The van der Waals surface area contributed by atoms with Crippen molar-refractivity contribution in [3.63, 3.8) is 0 Å². The van der Waals surface area contributed by atoms with Gasteiger partial charge in [0.05, 0.1) is 6.61 Å². The minimum atomic E-state index is 0.0406. The highest BCUT2D eigenvalue weighted by Gasteiger charge is 1.93. The van der Waals surface area contributed by atoms with Gasteiger partial charge >= 0.3 is 0 Å². The summed E-state index contributed by atoms with van der Waals surface area (Å²) in [6.07, 6.45) is 0. The highest BCUT2D eigenvalue weighted by atomic mass is 32.1. The molecule has 0 fully saturated rings. The van der Waals surface area contributed by atoms with Crippen LogP contribution in [0.3, 0.4) is 0 Å². The Kier molecular flexibility index (Phi) is 2.68. The van der Waals surface area contributed by atoms with E-state index in [1.807, 2.05) is 5.38 Å². The van der Waals surface area contributed by atoms with Gasteiger partial charge < -0.3 is 5.11 Å². The summed E-state index contributed by atoms with van der Waals surface area (Å²) in [5, 5.41) is 18.6. The molecule has 0 aromatic carbocycles. The lowest BCUT2D eigenvalue weighted by molar-refractivity contribution is 0.285. The zero-order chi connectivity index (χ0) is 8.10. The largest absolute Gasteiger partial charge is 0.391 e. The maximum absolute atomic E-state index is 8.67. The lowest BCUT2D eigenvalue weighted by Crippen LogP contribution is -1.71. The third kappa shape index (κ3) is 2.09. The van der Waals surface area contributed by atoms with E-state index in [1.165, 1.54) is 11.3 Å². The van der Waals surface area contributed by atoms with Gasteiger partial charge in [0.15, 0.2) is 6.07 Å². The van der Waals surface area contributed by atoms with Crippen molar-refractivity contribution in [2.75, 3.05) is 0 Å². The Labute approximate surface area is 68.7 Å². The fourth-order valence-electron chi connectivity index (χ4n) is 0.629. The van der Waals surface area contributed by atoms with E-state index < -0.39 is 0 Å². The fraction of sp³-hybridized carbons (Fsp3) is 0.125. The van der Waals surface area contributed by atoms with Gasteiger partial charge in [-0.15, -0.1) is 11.3 Å². The Hall–Kier alpha value is -1.29. The van der Waals surface area contributed by atoms with Crippen LogP contribution in [-0.4, -0.2) is 5.11 Å². The van der Waals surface area contributed by atoms with Gasteiger partial charge in [-0.1, -0.05) is 0 Å². The molecule has 0 unspecified atom stereocenters. The van der Waals surface area contributed by atoms with Gasteiger partial charge in [-0.3, -0.25) is 0 Å². The van der Waals surface area contributed by atoms with Crippen molar-refractivity contribution < 1.29 is 5.11 Å². The van der Waals surface area contributed by atoms with Crippen LogP contribution in [0, 0.1) is 23.2 Å². The molecule has 1 aromatic rings. The van der Waals surface area contributed by atoms with Gasteiger partial charge in [0.1, 0.15) is 0 Å². The second kappa shape index (κ2) is 3.78. The molecule has 1 aromatic heterocycles. The van der Waals surface area contributed by atoms with Crippen molar-refractivity contribution in [2.24, 2.45) is 0 Å². The van der Waals surface area contributed by atoms with Gasteiger partial charge in [-0.05, 0) is 12.0 Å². The summed E-state index contributed by atoms with van der Waals surface area (Å²) in [5.41, 5.74) is 0.792. The van der Waals surface area contributed by atoms with E-state index in [4.69, 9.17) is 10.4 Å². The zero-order valence-electron chi connectivity index (χ0n) is 5.66. The third-order valence-electron chi connectivity index (χ3n) is 1.07. The molecule has 1 N–H and O–H groups in total. The number of hydrogen-bond donors (Lipinski definition) is 1. The summed E-state index contributed by atoms with van der Waals surface area (Å²) in [6, 6.07) is 3.50. The van der Waals surface area contributed by atoms with Gasteiger partial charge in [0.25, 0.3) is 0 Å². The van der Waals surface area contributed by atoms with Crippen LogP contribution in [0.1, 0.15) is 10.4 Å². The van der Waals surface area contributed by atoms with Gasteiger partial charge in [0, 0.05) is 21.7 Å². The molecule has 0 saturated carbocycles. The van der Waals surface area contributed by atoms with Crippen molar-refractivity contribution in [1.82, 2.24) is 0 Å². The summed E-state index contributed by atoms with van der Waals surface area (Å²) in [7, 11) is 0. The first kappa shape index (κ1) is 7.81. The van der Waals surface area contributed by atoms with Crippen molar-refractivity contribution in [3.05, 3.63) is 21.9 Å². The summed E-state index contributed by atoms with van der Waals surface area (Å²) in [4.78, 5) is 0.868. The molecular formula is C8H5NOS. The number of aliphatic hydroxyl groups excluding tert-OH is 1. The fourth-order valence-corrected chi connectivity index (χ4v) is 1.30. The average molecular weight is 163 g/mol. The first-order chi connectivity index (χ1) is 5.36. The maximum atomic E-state index is 8.67. The predicted octanol–water partition coefficient (Wildman–Crippen LogP) is 1.12. The number of rotatable bonds is 1. The number of hydrogen-bond acceptors (Lipinski definition) is 3. The molecule has 0 atom stereocenters. The third-order valence-corrected chi connectivity index (χ3v) is 1.99. The number of aliphatic hydroxyl groups is 1. The smallest absolute Gasteiger partial charge is 0.152 e. The highest BCUT2D eigenvalue weighted by Crippen LogP contribution is 2.12. The van der Waals surface area contributed by atoms with E-state index >= 15 is 0 Å². The molecule has 3 heteroatoms. The molecule has 0 aliphatic rings. The topological polar surface area (TPSA) is 44.0 Å². The average Bonchev–Trinajstić information content (AvgIpc) is 2.48. The minimum absolute atomic E-state index is 0.0406. The number of nitriles is 1. The number of thiophene rings is 1. The lowest BCUT2D eigenvalue weighted by Gasteiger charge is -1.79. The van der Waals surface area contributed by atoms with Gasteiger partial charge in [-0.2, -0.15) is 5.26 Å². The molecule has 11 heavy (non-hydrogen) atoms. The molecule has 2 nitrogen and oxygen atoms in total. The molecule has 0 aliphatic heterocycles. The van der Waals surface area contributed by atoms with Crippen LogP contribution in [0.4, 0.5) is 0 Å². The molecule has 1 rings (SSSR count). The normalized spacial score (nSPS) is 8.00. The molecule has 0 aliphatic carbocycles. The molecule has 0 amide bonds. The Morgan fingerprint density at radius 1 is 1.64 bits per heavy atom. The van der Waals surface area contributed by atoms with E-state index in [9.17, 15) is 0 Å². The Morgan fingerprint density at radius 2 is 2.45 bits per heavy atom. The van der Waals surface area contributed by atoms with Crippen LogP contribution < -0.4 is 0 Å². The van der Waals surface area contributed by atoms with Crippen molar-refractivity contribution in [1.29, 1.82) is 5.26 Å². The molecule has 0 radical (unpaired) electrons. The SMILES string of the molecule is N#CC#Cc1csc(CO)c1. The predicted molar refractivity (Wildman–Crippen MR) is 42.7 cm³/mol. The Balaban J connectivity index is 2.83. The molecule has 0 spiro atoms. The molecule has 1 heterocycles. The zero-order valence-corrected chi connectivity index (χ0v) is 6.48. The van der Waals surface area contributed by atoms with Crippen LogP contribution in [-0.2, 0) is 6.61 Å². The summed E-state index contributed by atoms with van der Waals surface area (Å²) >= 11 is 1.44. The lowest BCUT2D eigenvalue weighted by atomic mass is 10.3. The Bertz CT molecular complexity index is 337. The highest BCUT2D eigenvalue weighted by molar-refractivity contribution is 7.10. The van der Waals surface area contributed by atoms with E-state index in [0.717, 1.165) is 10.4 Å². The minimum Gasteiger partial charge on any atom is -0.391 e. The van der Waals surface area contributed by atoms with E-state index in [1.54, 1.807) is 12.1 Å². The van der Waals surface area contributed by atoms with Gasteiger partial charge in [-0.25, -0.2) is 0 Å². The molecule has 0 saturated heterocycles. The first-order valence-corrected chi connectivity index (χ1v) is 3.83. The van der Waals surface area contributed by atoms with Crippen LogP contribution in [0.15, 0.2) is 11.4 Å². The van der Waals surface area contributed by atoms with Crippen molar-refractivity contribution in [3.8, 4) is 17.9 Å². The van der Waals surface area contributed by atoms with Crippen LogP contribution in [0.25, 0.3) is 0 Å². The van der Waals surface area contributed by atoms with E-state index in [-0.39, 0.29) is 6.61 Å². The number of nitrogens with zero attached hydrogens (tertiary/aromatic N) is 1. The summed E-state index contributed by atoms with van der Waals surface area (Å²) in [6.45, 7) is 0.0406. The van der Waals surface area contributed by atoms with E-state index in [0.29, 0.717) is 0 Å².